The highest BCUT2D eigenvalue weighted by Gasteiger charge is 2.19. The Kier molecular flexibility index (Phi) is 8.79. The maximum atomic E-state index is 4.98. The third-order valence-electron chi connectivity index (χ3n) is 13.7. The molecule has 0 bridgehead atoms. The van der Waals surface area contributed by atoms with Crippen molar-refractivity contribution in [1.82, 2.24) is 28.7 Å². The second-order valence-electron chi connectivity index (χ2n) is 17.6. The molecule has 0 saturated heterocycles. The van der Waals surface area contributed by atoms with Crippen molar-refractivity contribution in [3.05, 3.63) is 243 Å². The predicted octanol–water partition coefficient (Wildman–Crippen LogP) is 15.8. The van der Waals surface area contributed by atoms with Crippen molar-refractivity contribution in [2.75, 3.05) is 0 Å². The van der Waals surface area contributed by atoms with Gasteiger partial charge in [-0.05, 0) is 108 Å². The number of para-hydroxylation sites is 4. The number of fused-ring (bicyclic) bond motifs is 9. The summed E-state index contributed by atoms with van der Waals surface area (Å²) in [6.45, 7) is 0. The molecule has 0 aliphatic rings. The average molecular weight is 881 g/mol. The lowest BCUT2D eigenvalue weighted by molar-refractivity contribution is 1.07. The van der Waals surface area contributed by atoms with Crippen molar-refractivity contribution >= 4 is 65.4 Å². The van der Waals surface area contributed by atoms with Crippen molar-refractivity contribution in [3.63, 3.8) is 0 Å². The summed E-state index contributed by atoms with van der Waals surface area (Å²) in [5.74, 6) is 1.93. The molecule has 6 nitrogen and oxygen atoms in total. The lowest BCUT2D eigenvalue weighted by Crippen LogP contribution is -2.00. The molecule has 69 heavy (non-hydrogen) atoms. The first-order valence-electron chi connectivity index (χ1n) is 23.4. The first-order valence-corrected chi connectivity index (χ1v) is 23.4. The van der Waals surface area contributed by atoms with E-state index in [0.29, 0.717) is 17.5 Å². The fraction of sp³-hybridized carbons (Fsp3) is 0. The molecule has 0 aliphatic carbocycles. The molecular weight excluding hydrogens is 841 g/mol. The molecule has 0 saturated carbocycles. The summed E-state index contributed by atoms with van der Waals surface area (Å²) in [5, 5.41) is 7.34. The summed E-state index contributed by atoms with van der Waals surface area (Å²) >= 11 is 0. The second kappa shape index (κ2) is 15.6. The zero-order chi connectivity index (χ0) is 45.4. The van der Waals surface area contributed by atoms with E-state index in [1.54, 1.807) is 0 Å². The van der Waals surface area contributed by atoms with Gasteiger partial charge in [0.15, 0.2) is 17.5 Å². The van der Waals surface area contributed by atoms with Gasteiger partial charge in [-0.15, -0.1) is 0 Å². The van der Waals surface area contributed by atoms with E-state index in [2.05, 4.69) is 196 Å². The topological polar surface area (TPSA) is 53.5 Å². The Morgan fingerprint density at radius 1 is 0.203 bits per heavy atom. The SMILES string of the molecule is c1ccc(-c2nc(-c3ccccc3)nc(-c3ccc(-n4c5ccccc5c5cc(-c6ccc7c(c6)c6ccccc6n7-c6ccc7c(c6)c6ccccc6n7-c6ccccc6)ccc54)cc3)n2)cc1. The quantitative estimate of drug-likeness (QED) is 0.160. The van der Waals surface area contributed by atoms with Gasteiger partial charge < -0.3 is 13.7 Å². The van der Waals surface area contributed by atoms with E-state index >= 15 is 0 Å². The molecule has 0 spiro atoms. The van der Waals surface area contributed by atoms with E-state index in [1.165, 1.54) is 65.5 Å². The highest BCUT2D eigenvalue weighted by molar-refractivity contribution is 6.14. The van der Waals surface area contributed by atoms with Crippen LogP contribution in [-0.2, 0) is 0 Å². The van der Waals surface area contributed by atoms with Crippen LogP contribution in [0.25, 0.3) is 128 Å². The van der Waals surface area contributed by atoms with Crippen LogP contribution in [0.5, 0.6) is 0 Å². The van der Waals surface area contributed by atoms with Crippen LogP contribution in [0.2, 0.25) is 0 Å². The molecule has 0 radical (unpaired) electrons. The summed E-state index contributed by atoms with van der Waals surface area (Å²) in [7, 11) is 0. The zero-order valence-corrected chi connectivity index (χ0v) is 37.3. The predicted molar refractivity (Wildman–Crippen MR) is 285 cm³/mol. The zero-order valence-electron chi connectivity index (χ0n) is 37.3. The molecule has 10 aromatic carbocycles. The lowest BCUT2D eigenvalue weighted by Gasteiger charge is -2.11. The smallest absolute Gasteiger partial charge is 0.164 e. The van der Waals surface area contributed by atoms with Gasteiger partial charge in [-0.1, -0.05) is 146 Å². The van der Waals surface area contributed by atoms with Crippen LogP contribution in [0.4, 0.5) is 0 Å². The van der Waals surface area contributed by atoms with Gasteiger partial charge in [0.1, 0.15) is 0 Å². The molecule has 0 N–H and O–H groups in total. The highest BCUT2D eigenvalue weighted by atomic mass is 15.0. The molecule has 0 fully saturated rings. The molecule has 0 aliphatic heterocycles. The molecule has 4 aromatic heterocycles. The lowest BCUT2D eigenvalue weighted by atomic mass is 10.0. The first-order chi connectivity index (χ1) is 34.2. The summed E-state index contributed by atoms with van der Waals surface area (Å²) in [6, 6.07) is 86.5. The van der Waals surface area contributed by atoms with Gasteiger partial charge in [0, 0.05) is 66.1 Å². The Hall–Kier alpha value is -9.39. The van der Waals surface area contributed by atoms with Crippen LogP contribution >= 0.6 is 0 Å². The van der Waals surface area contributed by atoms with Gasteiger partial charge >= 0.3 is 0 Å². The molecule has 14 aromatic rings. The van der Waals surface area contributed by atoms with Crippen LogP contribution in [0.3, 0.4) is 0 Å². The standard InChI is InChI=1S/C63H40N6/c1-4-16-41(17-5-1)61-64-62(42-18-6-2-7-19-42)66-63(65-61)43-28-32-47(33-29-43)68-55-25-13-10-22-49(55)52-38-44(30-35-58(52)68)45-31-36-59-53(39-45)50-23-11-15-27-57(50)69(59)48-34-37-60-54(40-48)51-24-12-14-26-56(51)67(60)46-20-8-3-9-21-46/h1-40H. The molecular formula is C63H40N6. The minimum Gasteiger partial charge on any atom is -0.309 e. The molecule has 0 unspecified atom stereocenters. The Balaban J connectivity index is 0.858. The van der Waals surface area contributed by atoms with Crippen molar-refractivity contribution < 1.29 is 0 Å². The van der Waals surface area contributed by atoms with Crippen molar-refractivity contribution in [2.45, 2.75) is 0 Å². The fourth-order valence-corrected chi connectivity index (χ4v) is 10.5. The van der Waals surface area contributed by atoms with Crippen LogP contribution in [0.15, 0.2) is 243 Å². The average Bonchev–Trinajstić information content (AvgIpc) is 4.06. The molecule has 6 heteroatoms. The second-order valence-corrected chi connectivity index (χ2v) is 17.6. The number of hydrogen-bond acceptors (Lipinski definition) is 3. The van der Waals surface area contributed by atoms with Crippen LogP contribution in [-0.4, -0.2) is 28.7 Å². The number of rotatable bonds is 7. The Labute approximate surface area is 397 Å². The minimum atomic E-state index is 0.634. The summed E-state index contributed by atoms with van der Waals surface area (Å²) in [5.41, 5.74) is 15.6. The third kappa shape index (κ3) is 6.30. The molecule has 0 amide bonds. The number of benzene rings is 10. The van der Waals surface area contributed by atoms with Gasteiger partial charge in [-0.25, -0.2) is 15.0 Å². The Morgan fingerprint density at radius 3 is 0.971 bits per heavy atom. The van der Waals surface area contributed by atoms with Gasteiger partial charge in [0.2, 0.25) is 0 Å². The van der Waals surface area contributed by atoms with E-state index in [0.717, 1.165) is 44.8 Å². The molecule has 322 valence electrons. The number of nitrogens with zero attached hydrogens (tertiary/aromatic N) is 6. The van der Waals surface area contributed by atoms with E-state index < -0.39 is 0 Å². The van der Waals surface area contributed by atoms with Crippen molar-refractivity contribution in [2.24, 2.45) is 0 Å². The summed E-state index contributed by atoms with van der Waals surface area (Å²) in [6.07, 6.45) is 0. The van der Waals surface area contributed by atoms with E-state index in [1.807, 2.05) is 60.7 Å². The van der Waals surface area contributed by atoms with Crippen LogP contribution in [0, 0.1) is 0 Å². The minimum absolute atomic E-state index is 0.634. The third-order valence-corrected chi connectivity index (χ3v) is 13.7. The number of hydrogen-bond donors (Lipinski definition) is 0. The van der Waals surface area contributed by atoms with E-state index in [9.17, 15) is 0 Å². The largest absolute Gasteiger partial charge is 0.309 e. The van der Waals surface area contributed by atoms with Gasteiger partial charge in [-0.2, -0.15) is 0 Å². The summed E-state index contributed by atoms with van der Waals surface area (Å²) in [4.78, 5) is 14.9. The maximum Gasteiger partial charge on any atom is 0.164 e. The fourth-order valence-electron chi connectivity index (χ4n) is 10.5. The van der Waals surface area contributed by atoms with E-state index in [-0.39, 0.29) is 0 Å². The molecule has 0 atom stereocenters. The maximum absolute atomic E-state index is 4.98. The van der Waals surface area contributed by atoms with Gasteiger partial charge in [-0.3, -0.25) is 0 Å². The van der Waals surface area contributed by atoms with Crippen molar-refractivity contribution in [1.29, 1.82) is 0 Å². The van der Waals surface area contributed by atoms with Crippen LogP contribution < -0.4 is 0 Å². The monoisotopic (exact) mass is 880 g/mol. The van der Waals surface area contributed by atoms with E-state index in [4.69, 9.17) is 15.0 Å². The highest BCUT2D eigenvalue weighted by Crippen LogP contribution is 2.40. The van der Waals surface area contributed by atoms with Gasteiger partial charge in [0.25, 0.3) is 0 Å². The Bertz CT molecular complexity index is 4220. The normalized spacial score (nSPS) is 11.8. The molecule has 14 rings (SSSR count). The van der Waals surface area contributed by atoms with Crippen molar-refractivity contribution in [3.8, 4) is 62.4 Å². The summed E-state index contributed by atoms with van der Waals surface area (Å²) < 4.78 is 7.16. The number of aromatic nitrogens is 6. The van der Waals surface area contributed by atoms with Crippen LogP contribution in [0.1, 0.15) is 0 Å². The Morgan fingerprint density at radius 2 is 0.507 bits per heavy atom. The van der Waals surface area contributed by atoms with Gasteiger partial charge in [0.05, 0.1) is 33.1 Å². The first kappa shape index (κ1) is 38.8. The molecule has 4 heterocycles.